The number of urea groups is 1. The van der Waals surface area contributed by atoms with Crippen molar-refractivity contribution in [3.05, 3.63) is 65.6 Å². The Bertz CT molecular complexity index is 990. The van der Waals surface area contributed by atoms with Gasteiger partial charge in [-0.15, -0.1) is 0 Å². The lowest BCUT2D eigenvalue weighted by molar-refractivity contribution is 0.252. The summed E-state index contributed by atoms with van der Waals surface area (Å²) in [7, 11) is 0. The summed E-state index contributed by atoms with van der Waals surface area (Å²) in [5.41, 5.74) is 4.12. The largest absolute Gasteiger partial charge is 0.368 e. The molecule has 8 heteroatoms. The topological polar surface area (TPSA) is 104 Å². The molecule has 3 rings (SSSR count). The number of aromatic nitrogens is 3. The zero-order valence-corrected chi connectivity index (χ0v) is 16.8. The van der Waals surface area contributed by atoms with Crippen molar-refractivity contribution in [1.29, 1.82) is 0 Å². The standard InChI is InChI=1S/C21H25N7O/c1-14-7-8-22-19(11-14)28-20-12-18(25-13-26-20)23-9-10-24-21(29)27-17-6-4-5-15(2)16(17)3/h4-8,11-13H,9-10H2,1-3H3,(H2,24,27,29)(H2,22,23,25,26,28). The number of pyridine rings is 1. The third-order valence-electron chi connectivity index (χ3n) is 4.41. The maximum Gasteiger partial charge on any atom is 0.319 e. The van der Waals surface area contributed by atoms with Gasteiger partial charge in [0.2, 0.25) is 0 Å². The van der Waals surface area contributed by atoms with Crippen molar-refractivity contribution >= 4 is 29.2 Å². The lowest BCUT2D eigenvalue weighted by Crippen LogP contribution is -2.33. The van der Waals surface area contributed by atoms with Crippen LogP contribution in [0.5, 0.6) is 0 Å². The number of nitrogens with one attached hydrogen (secondary N) is 4. The smallest absolute Gasteiger partial charge is 0.319 e. The van der Waals surface area contributed by atoms with Crippen molar-refractivity contribution in [3.63, 3.8) is 0 Å². The van der Waals surface area contributed by atoms with E-state index in [4.69, 9.17) is 0 Å². The number of benzene rings is 1. The van der Waals surface area contributed by atoms with E-state index in [0.29, 0.717) is 24.7 Å². The number of hydrogen-bond acceptors (Lipinski definition) is 6. The summed E-state index contributed by atoms with van der Waals surface area (Å²) < 4.78 is 0. The van der Waals surface area contributed by atoms with Crippen molar-refractivity contribution in [2.75, 3.05) is 29.0 Å². The Morgan fingerprint density at radius 1 is 0.931 bits per heavy atom. The number of carbonyl (C=O) groups excluding carboxylic acids is 1. The molecule has 0 spiro atoms. The molecule has 8 nitrogen and oxygen atoms in total. The molecule has 0 aliphatic heterocycles. The van der Waals surface area contributed by atoms with E-state index in [1.807, 2.05) is 51.1 Å². The minimum absolute atomic E-state index is 0.240. The number of nitrogens with zero attached hydrogens (tertiary/aromatic N) is 3. The molecule has 4 N–H and O–H groups in total. The van der Waals surface area contributed by atoms with E-state index in [9.17, 15) is 4.79 Å². The van der Waals surface area contributed by atoms with Crippen LogP contribution in [0.1, 0.15) is 16.7 Å². The van der Waals surface area contributed by atoms with Crippen LogP contribution in [0.25, 0.3) is 0 Å². The summed E-state index contributed by atoms with van der Waals surface area (Å²) in [5.74, 6) is 2.02. The first-order chi connectivity index (χ1) is 14.0. The Kier molecular flexibility index (Phi) is 6.57. The molecular weight excluding hydrogens is 366 g/mol. The van der Waals surface area contributed by atoms with Gasteiger partial charge in [-0.3, -0.25) is 0 Å². The fraction of sp³-hybridized carbons (Fsp3) is 0.238. The average molecular weight is 391 g/mol. The van der Waals surface area contributed by atoms with Gasteiger partial charge >= 0.3 is 6.03 Å². The van der Waals surface area contributed by atoms with Crippen LogP contribution in [0, 0.1) is 20.8 Å². The van der Waals surface area contributed by atoms with Crippen molar-refractivity contribution in [1.82, 2.24) is 20.3 Å². The van der Waals surface area contributed by atoms with Gasteiger partial charge in [-0.25, -0.2) is 19.7 Å². The molecule has 0 saturated carbocycles. The van der Waals surface area contributed by atoms with Crippen LogP contribution < -0.4 is 21.3 Å². The van der Waals surface area contributed by atoms with Gasteiger partial charge in [0.15, 0.2) is 0 Å². The van der Waals surface area contributed by atoms with E-state index >= 15 is 0 Å². The number of aryl methyl sites for hydroxylation is 2. The number of rotatable bonds is 7. The number of amides is 2. The van der Waals surface area contributed by atoms with Crippen LogP contribution in [-0.2, 0) is 0 Å². The first kappa shape index (κ1) is 20.1. The first-order valence-electron chi connectivity index (χ1n) is 9.38. The van der Waals surface area contributed by atoms with Gasteiger partial charge < -0.3 is 21.3 Å². The monoisotopic (exact) mass is 391 g/mol. The van der Waals surface area contributed by atoms with Crippen molar-refractivity contribution in [2.45, 2.75) is 20.8 Å². The number of anilines is 4. The second-order valence-corrected chi connectivity index (χ2v) is 6.69. The molecule has 0 unspecified atom stereocenters. The molecular formula is C21H25N7O. The Balaban J connectivity index is 1.45. The number of carbonyl (C=O) groups is 1. The van der Waals surface area contributed by atoms with Crippen molar-refractivity contribution in [3.8, 4) is 0 Å². The van der Waals surface area contributed by atoms with Crippen molar-refractivity contribution < 1.29 is 4.79 Å². The molecule has 3 aromatic rings. The summed E-state index contributed by atoms with van der Waals surface area (Å²) in [6, 6.07) is 11.2. The Morgan fingerprint density at radius 2 is 1.72 bits per heavy atom. The highest BCUT2D eigenvalue weighted by Crippen LogP contribution is 2.17. The second kappa shape index (κ2) is 9.50. The average Bonchev–Trinajstić information content (AvgIpc) is 2.69. The van der Waals surface area contributed by atoms with Gasteiger partial charge in [0.1, 0.15) is 23.8 Å². The molecule has 1 aromatic carbocycles. The zero-order chi connectivity index (χ0) is 20.6. The minimum Gasteiger partial charge on any atom is -0.368 e. The van der Waals surface area contributed by atoms with E-state index < -0.39 is 0 Å². The third kappa shape index (κ3) is 5.90. The molecule has 0 radical (unpaired) electrons. The normalized spacial score (nSPS) is 10.3. The van der Waals surface area contributed by atoms with Crippen LogP contribution in [0.3, 0.4) is 0 Å². The van der Waals surface area contributed by atoms with Gasteiger partial charge in [0, 0.05) is 31.0 Å². The summed E-state index contributed by atoms with van der Waals surface area (Å²) in [4.78, 5) is 24.7. The lowest BCUT2D eigenvalue weighted by Gasteiger charge is -2.12. The van der Waals surface area contributed by atoms with Crippen LogP contribution >= 0.6 is 0 Å². The predicted octanol–water partition coefficient (Wildman–Crippen LogP) is 3.77. The molecule has 0 atom stereocenters. The third-order valence-corrected chi connectivity index (χ3v) is 4.41. The van der Waals surface area contributed by atoms with Gasteiger partial charge in [-0.2, -0.15) is 0 Å². The second-order valence-electron chi connectivity index (χ2n) is 6.69. The number of hydrogen-bond donors (Lipinski definition) is 4. The van der Waals surface area contributed by atoms with Gasteiger partial charge in [0.25, 0.3) is 0 Å². The Hall–Kier alpha value is -3.68. The molecule has 2 aromatic heterocycles. The Morgan fingerprint density at radius 3 is 2.55 bits per heavy atom. The Labute approximate surface area is 170 Å². The van der Waals surface area contributed by atoms with Gasteiger partial charge in [-0.1, -0.05) is 12.1 Å². The lowest BCUT2D eigenvalue weighted by atomic mass is 10.1. The molecule has 0 saturated heterocycles. The predicted molar refractivity (Wildman–Crippen MR) is 116 cm³/mol. The maximum absolute atomic E-state index is 12.1. The minimum atomic E-state index is -0.240. The summed E-state index contributed by atoms with van der Waals surface area (Å²) in [6.45, 7) is 6.98. The van der Waals surface area contributed by atoms with Crippen molar-refractivity contribution in [2.24, 2.45) is 0 Å². The van der Waals surface area contributed by atoms with Crippen LogP contribution in [-0.4, -0.2) is 34.1 Å². The highest BCUT2D eigenvalue weighted by atomic mass is 16.2. The van der Waals surface area contributed by atoms with E-state index in [2.05, 4.69) is 36.2 Å². The van der Waals surface area contributed by atoms with Gasteiger partial charge in [-0.05, 0) is 55.7 Å². The molecule has 0 aliphatic rings. The summed E-state index contributed by atoms with van der Waals surface area (Å²) in [5, 5.41) is 12.0. The zero-order valence-electron chi connectivity index (χ0n) is 16.8. The summed E-state index contributed by atoms with van der Waals surface area (Å²) >= 11 is 0. The fourth-order valence-corrected chi connectivity index (χ4v) is 2.68. The molecule has 29 heavy (non-hydrogen) atoms. The molecule has 2 heterocycles. The van der Waals surface area contributed by atoms with Crippen LogP contribution in [0.4, 0.5) is 27.9 Å². The van der Waals surface area contributed by atoms with Gasteiger partial charge in [0.05, 0.1) is 0 Å². The fourth-order valence-electron chi connectivity index (χ4n) is 2.68. The van der Waals surface area contributed by atoms with E-state index in [1.54, 1.807) is 12.3 Å². The highest BCUT2D eigenvalue weighted by molar-refractivity contribution is 5.90. The highest BCUT2D eigenvalue weighted by Gasteiger charge is 2.05. The van der Waals surface area contributed by atoms with Crippen LogP contribution in [0.2, 0.25) is 0 Å². The van der Waals surface area contributed by atoms with Crippen LogP contribution in [0.15, 0.2) is 48.9 Å². The first-order valence-corrected chi connectivity index (χ1v) is 9.38. The SMILES string of the molecule is Cc1ccnc(Nc2cc(NCCNC(=O)Nc3cccc(C)c3C)ncn2)c1. The van der Waals surface area contributed by atoms with E-state index in [1.165, 1.54) is 6.33 Å². The molecule has 150 valence electrons. The van der Waals surface area contributed by atoms with E-state index in [-0.39, 0.29) is 6.03 Å². The quantitative estimate of drug-likeness (QED) is 0.457. The van der Waals surface area contributed by atoms with E-state index in [0.717, 1.165) is 28.2 Å². The molecule has 2 amide bonds. The molecule has 0 fully saturated rings. The molecule has 0 aliphatic carbocycles. The maximum atomic E-state index is 12.1. The summed E-state index contributed by atoms with van der Waals surface area (Å²) in [6.07, 6.45) is 3.22. The molecule has 0 bridgehead atoms.